The highest BCUT2D eigenvalue weighted by Crippen LogP contribution is 2.32. The van der Waals surface area contributed by atoms with E-state index in [1.165, 1.54) is 4.88 Å². The molecule has 0 amide bonds. The maximum Gasteiger partial charge on any atom is 0.128 e. The number of pyridine rings is 1. The summed E-state index contributed by atoms with van der Waals surface area (Å²) in [7, 11) is 0. The molecule has 1 aliphatic rings. The molecule has 1 saturated heterocycles. The number of morpholine rings is 1. The van der Waals surface area contributed by atoms with E-state index in [0.717, 1.165) is 66.7 Å². The van der Waals surface area contributed by atoms with Crippen LogP contribution < -0.4 is 16.0 Å². The average molecular weight is 407 g/mol. The zero-order valence-electron chi connectivity index (χ0n) is 16.6. The summed E-state index contributed by atoms with van der Waals surface area (Å²) in [5.41, 5.74) is 11.1. The smallest absolute Gasteiger partial charge is 0.128 e. The fourth-order valence-electron chi connectivity index (χ4n) is 3.38. The number of ether oxygens (including phenoxy) is 1. The minimum atomic E-state index is 0.727. The van der Waals surface area contributed by atoms with Crippen molar-refractivity contribution in [2.24, 2.45) is 0 Å². The van der Waals surface area contributed by atoms with Crippen LogP contribution in [-0.4, -0.2) is 31.3 Å². The second kappa shape index (κ2) is 9.11. The third-order valence-electron chi connectivity index (χ3n) is 4.93. The molecule has 2 aromatic heterocycles. The Morgan fingerprint density at radius 2 is 2.10 bits per heavy atom. The number of anilines is 3. The second-order valence-electron chi connectivity index (χ2n) is 6.93. The van der Waals surface area contributed by atoms with E-state index in [9.17, 15) is 0 Å². The molecule has 29 heavy (non-hydrogen) atoms. The van der Waals surface area contributed by atoms with Crippen LogP contribution in [-0.2, 0) is 4.74 Å². The number of nitrogens with zero attached hydrogens (tertiary/aromatic N) is 2. The lowest BCUT2D eigenvalue weighted by molar-refractivity contribution is 0.122. The zero-order chi connectivity index (χ0) is 20.1. The van der Waals surface area contributed by atoms with Gasteiger partial charge in [-0.1, -0.05) is 25.1 Å². The predicted octanol–water partition coefficient (Wildman–Crippen LogP) is 5.09. The van der Waals surface area contributed by atoms with Gasteiger partial charge in [-0.2, -0.15) is 0 Å². The molecule has 0 aliphatic carbocycles. The lowest BCUT2D eigenvalue weighted by Gasteiger charge is -2.27. The largest absolute Gasteiger partial charge is 0.397 e. The summed E-state index contributed by atoms with van der Waals surface area (Å²) in [6, 6.07) is 14.5. The molecule has 0 atom stereocenters. The van der Waals surface area contributed by atoms with Gasteiger partial charge in [0, 0.05) is 35.4 Å². The van der Waals surface area contributed by atoms with Crippen LogP contribution in [0.5, 0.6) is 0 Å². The number of thiophene rings is 1. The quantitative estimate of drug-likeness (QED) is 0.558. The van der Waals surface area contributed by atoms with Gasteiger partial charge in [0.15, 0.2) is 0 Å². The topological polar surface area (TPSA) is 63.4 Å². The molecular formula is C23H26N4OS. The van der Waals surface area contributed by atoms with Crippen molar-refractivity contribution in [3.8, 4) is 10.4 Å². The molecule has 0 radical (unpaired) electrons. The first-order valence-corrected chi connectivity index (χ1v) is 10.8. The average Bonchev–Trinajstić information content (AvgIpc) is 3.31. The molecule has 0 saturated carbocycles. The Bertz CT molecular complexity index is 961. The first-order chi connectivity index (χ1) is 14.2. The summed E-state index contributed by atoms with van der Waals surface area (Å²) >= 11 is 1.72. The van der Waals surface area contributed by atoms with Crippen molar-refractivity contribution in [1.82, 2.24) is 4.98 Å². The van der Waals surface area contributed by atoms with E-state index in [1.54, 1.807) is 11.3 Å². The Hall–Kier alpha value is -2.83. The highest BCUT2D eigenvalue weighted by molar-refractivity contribution is 7.13. The van der Waals surface area contributed by atoms with Gasteiger partial charge in [-0.15, -0.1) is 11.3 Å². The fourth-order valence-corrected chi connectivity index (χ4v) is 4.10. The SMILES string of the molecule is CC/C=C(/Nc1cc(-c2cccs2)ccc1N)c1ccc(N2CCOCC2)nc1. The Morgan fingerprint density at radius 3 is 2.79 bits per heavy atom. The van der Waals surface area contributed by atoms with Crippen molar-refractivity contribution in [2.45, 2.75) is 13.3 Å². The van der Waals surface area contributed by atoms with Gasteiger partial charge in [-0.3, -0.25) is 0 Å². The van der Waals surface area contributed by atoms with Crippen molar-refractivity contribution in [3.63, 3.8) is 0 Å². The number of hydrogen-bond donors (Lipinski definition) is 2. The van der Waals surface area contributed by atoms with E-state index in [0.29, 0.717) is 0 Å². The number of benzene rings is 1. The Morgan fingerprint density at radius 1 is 1.24 bits per heavy atom. The Kier molecular flexibility index (Phi) is 6.12. The molecule has 0 spiro atoms. The number of nitrogens with one attached hydrogen (secondary N) is 1. The number of hydrogen-bond acceptors (Lipinski definition) is 6. The van der Waals surface area contributed by atoms with Crippen LogP contribution >= 0.6 is 11.3 Å². The van der Waals surface area contributed by atoms with Gasteiger partial charge >= 0.3 is 0 Å². The predicted molar refractivity (Wildman–Crippen MR) is 123 cm³/mol. The van der Waals surface area contributed by atoms with E-state index in [2.05, 4.69) is 70.0 Å². The van der Waals surface area contributed by atoms with Crippen molar-refractivity contribution in [3.05, 3.63) is 65.7 Å². The third-order valence-corrected chi connectivity index (χ3v) is 5.85. The normalized spacial score (nSPS) is 14.8. The summed E-state index contributed by atoms with van der Waals surface area (Å²) in [5, 5.41) is 5.62. The summed E-state index contributed by atoms with van der Waals surface area (Å²) in [6.07, 6.45) is 5.01. The second-order valence-corrected chi connectivity index (χ2v) is 7.88. The molecular weight excluding hydrogens is 380 g/mol. The van der Waals surface area contributed by atoms with Gasteiger partial charge in [0.1, 0.15) is 5.82 Å². The zero-order valence-corrected chi connectivity index (χ0v) is 17.4. The summed E-state index contributed by atoms with van der Waals surface area (Å²) in [6.45, 7) is 5.41. The van der Waals surface area contributed by atoms with Gasteiger partial charge in [-0.05, 0) is 47.7 Å². The van der Waals surface area contributed by atoms with Crippen LogP contribution in [0.3, 0.4) is 0 Å². The Labute approximate surface area is 175 Å². The number of rotatable bonds is 6. The fraction of sp³-hybridized carbons (Fsp3) is 0.261. The van der Waals surface area contributed by atoms with Crippen LogP contribution in [0.2, 0.25) is 0 Å². The molecule has 3 N–H and O–H groups in total. The van der Waals surface area contributed by atoms with E-state index < -0.39 is 0 Å². The maximum absolute atomic E-state index is 6.27. The molecule has 6 heteroatoms. The molecule has 0 bridgehead atoms. The monoisotopic (exact) mass is 406 g/mol. The van der Waals surface area contributed by atoms with E-state index >= 15 is 0 Å². The van der Waals surface area contributed by atoms with Crippen molar-refractivity contribution in [1.29, 1.82) is 0 Å². The lowest BCUT2D eigenvalue weighted by Crippen LogP contribution is -2.36. The van der Waals surface area contributed by atoms with Gasteiger partial charge in [0.25, 0.3) is 0 Å². The minimum Gasteiger partial charge on any atom is -0.397 e. The van der Waals surface area contributed by atoms with Gasteiger partial charge < -0.3 is 20.7 Å². The molecule has 4 rings (SSSR count). The molecule has 150 valence electrons. The molecule has 0 unspecified atom stereocenters. The molecule has 3 heterocycles. The molecule has 1 aromatic carbocycles. The number of allylic oxidation sites excluding steroid dienone is 1. The highest BCUT2D eigenvalue weighted by Gasteiger charge is 2.13. The standard InChI is InChI=1S/C23H26N4OS/c1-2-4-20(18-7-9-23(25-16-18)27-10-12-28-13-11-27)26-21-15-17(6-8-19(21)24)22-5-3-14-29-22/h3-9,14-16,26H,2,10-13,24H2,1H3/b20-4+. The van der Waals surface area contributed by atoms with Crippen LogP contribution in [0.25, 0.3) is 16.1 Å². The van der Waals surface area contributed by atoms with E-state index in [1.807, 2.05) is 12.3 Å². The summed E-state index contributed by atoms with van der Waals surface area (Å²) in [5.74, 6) is 0.993. The number of nitrogen functional groups attached to an aromatic ring is 1. The van der Waals surface area contributed by atoms with Crippen LogP contribution in [0, 0.1) is 0 Å². The Balaban J connectivity index is 1.57. The summed E-state index contributed by atoms with van der Waals surface area (Å²) < 4.78 is 5.43. The number of aromatic nitrogens is 1. The van der Waals surface area contributed by atoms with E-state index in [4.69, 9.17) is 10.5 Å². The van der Waals surface area contributed by atoms with Crippen molar-refractivity contribution in [2.75, 3.05) is 42.3 Å². The maximum atomic E-state index is 6.27. The molecule has 5 nitrogen and oxygen atoms in total. The summed E-state index contributed by atoms with van der Waals surface area (Å²) in [4.78, 5) is 8.17. The highest BCUT2D eigenvalue weighted by atomic mass is 32.1. The van der Waals surface area contributed by atoms with Crippen LogP contribution in [0.1, 0.15) is 18.9 Å². The van der Waals surface area contributed by atoms with Crippen LogP contribution in [0.4, 0.5) is 17.2 Å². The van der Waals surface area contributed by atoms with Crippen molar-refractivity contribution < 1.29 is 4.74 Å². The van der Waals surface area contributed by atoms with Crippen molar-refractivity contribution >= 4 is 34.2 Å². The van der Waals surface area contributed by atoms with Gasteiger partial charge in [0.05, 0.1) is 24.6 Å². The van der Waals surface area contributed by atoms with Gasteiger partial charge in [-0.25, -0.2) is 4.98 Å². The minimum absolute atomic E-state index is 0.727. The van der Waals surface area contributed by atoms with E-state index in [-0.39, 0.29) is 0 Å². The molecule has 3 aromatic rings. The van der Waals surface area contributed by atoms with Gasteiger partial charge in [0.2, 0.25) is 0 Å². The third kappa shape index (κ3) is 4.60. The first-order valence-electron chi connectivity index (χ1n) is 9.94. The van der Waals surface area contributed by atoms with Crippen LogP contribution in [0.15, 0.2) is 60.1 Å². The molecule has 1 fully saturated rings. The number of nitrogens with two attached hydrogens (primary N) is 1. The lowest BCUT2D eigenvalue weighted by atomic mass is 10.1. The molecule has 1 aliphatic heterocycles. The first kappa shape index (κ1) is 19.5.